The van der Waals surface area contributed by atoms with Crippen LogP contribution in [0.5, 0.6) is 0 Å². The number of allylic oxidation sites excluding steroid dienone is 2. The van der Waals surface area contributed by atoms with Crippen LogP contribution < -0.4 is 9.80 Å². The van der Waals surface area contributed by atoms with Gasteiger partial charge in [-0.25, -0.2) is 9.97 Å². The zero-order valence-corrected chi connectivity index (χ0v) is 14.0. The number of nitrogens with zero attached hydrogens (tertiary/aromatic N) is 4. The van der Waals surface area contributed by atoms with Gasteiger partial charge in [0.2, 0.25) is 5.91 Å². The summed E-state index contributed by atoms with van der Waals surface area (Å²) in [5.41, 5.74) is 1.71. The van der Waals surface area contributed by atoms with E-state index in [0.717, 1.165) is 49.1 Å². The number of hydrogen-bond donors (Lipinski definition) is 0. The quantitative estimate of drug-likeness (QED) is 0.757. The summed E-state index contributed by atoms with van der Waals surface area (Å²) in [5, 5.41) is 0. The molecule has 1 unspecified atom stereocenters. The van der Waals surface area contributed by atoms with Gasteiger partial charge in [0.05, 0.1) is 11.0 Å². The number of fused-ring (bicyclic) bond motifs is 2. The maximum Gasteiger partial charge on any atom is 0.231 e. The molecule has 1 atom stereocenters. The Balaban J connectivity index is 1.79. The van der Waals surface area contributed by atoms with Crippen LogP contribution in [0, 0.1) is 5.92 Å². The SMILES string of the molecule is CN1CCCN(C(=O)C2CC=CCC2)c2nc3ccccc3nc21. The van der Waals surface area contributed by atoms with Crippen LogP contribution in [0.25, 0.3) is 11.0 Å². The Morgan fingerprint density at radius 2 is 1.83 bits per heavy atom. The maximum absolute atomic E-state index is 13.1. The molecule has 2 aromatic rings. The van der Waals surface area contributed by atoms with Gasteiger partial charge in [0.25, 0.3) is 0 Å². The lowest BCUT2D eigenvalue weighted by atomic mass is 9.93. The number of benzene rings is 1. The van der Waals surface area contributed by atoms with Gasteiger partial charge in [-0.05, 0) is 37.8 Å². The highest BCUT2D eigenvalue weighted by Gasteiger charge is 2.31. The molecule has 5 heteroatoms. The van der Waals surface area contributed by atoms with Crippen LogP contribution in [-0.4, -0.2) is 36.0 Å². The summed E-state index contributed by atoms with van der Waals surface area (Å²) < 4.78 is 0. The van der Waals surface area contributed by atoms with E-state index < -0.39 is 0 Å². The van der Waals surface area contributed by atoms with Gasteiger partial charge >= 0.3 is 0 Å². The van der Waals surface area contributed by atoms with Crippen molar-refractivity contribution in [2.24, 2.45) is 5.92 Å². The maximum atomic E-state index is 13.1. The average Bonchev–Trinajstić information content (AvgIpc) is 2.79. The molecule has 1 aliphatic heterocycles. The van der Waals surface area contributed by atoms with E-state index in [1.807, 2.05) is 36.2 Å². The van der Waals surface area contributed by atoms with Gasteiger partial charge < -0.3 is 4.90 Å². The molecular weight excluding hydrogens is 300 g/mol. The first kappa shape index (κ1) is 15.1. The highest BCUT2D eigenvalue weighted by atomic mass is 16.2. The Morgan fingerprint density at radius 3 is 2.54 bits per heavy atom. The fourth-order valence-corrected chi connectivity index (χ4v) is 3.55. The number of rotatable bonds is 1. The summed E-state index contributed by atoms with van der Waals surface area (Å²) in [6.07, 6.45) is 7.98. The number of para-hydroxylation sites is 2. The first-order chi connectivity index (χ1) is 11.7. The zero-order valence-electron chi connectivity index (χ0n) is 14.0. The predicted molar refractivity (Wildman–Crippen MR) is 96.3 cm³/mol. The van der Waals surface area contributed by atoms with Crippen LogP contribution in [0.15, 0.2) is 36.4 Å². The van der Waals surface area contributed by atoms with E-state index in [9.17, 15) is 4.79 Å². The van der Waals surface area contributed by atoms with Gasteiger partial charge in [-0.1, -0.05) is 24.3 Å². The lowest BCUT2D eigenvalue weighted by Crippen LogP contribution is -2.37. The van der Waals surface area contributed by atoms with Crippen LogP contribution in [0.2, 0.25) is 0 Å². The Labute approximate surface area is 142 Å². The molecule has 0 fully saturated rings. The van der Waals surface area contributed by atoms with E-state index in [1.165, 1.54) is 0 Å². The van der Waals surface area contributed by atoms with Gasteiger partial charge in [0.15, 0.2) is 11.6 Å². The minimum absolute atomic E-state index is 0.0690. The number of carbonyl (C=O) groups excluding carboxylic acids is 1. The summed E-state index contributed by atoms with van der Waals surface area (Å²) >= 11 is 0. The predicted octanol–water partition coefficient (Wildman–Crippen LogP) is 3.16. The van der Waals surface area contributed by atoms with Crippen molar-refractivity contribution in [3.8, 4) is 0 Å². The molecule has 1 amide bonds. The fourth-order valence-electron chi connectivity index (χ4n) is 3.55. The molecule has 24 heavy (non-hydrogen) atoms. The molecule has 4 rings (SSSR count). The molecular formula is C19H22N4O. The van der Waals surface area contributed by atoms with E-state index in [0.29, 0.717) is 12.4 Å². The third kappa shape index (κ3) is 2.64. The molecule has 0 radical (unpaired) electrons. The van der Waals surface area contributed by atoms with Crippen LogP contribution in [-0.2, 0) is 4.79 Å². The number of amides is 1. The van der Waals surface area contributed by atoms with Crippen molar-refractivity contribution in [2.75, 3.05) is 29.9 Å². The Hall–Kier alpha value is -2.43. The third-order valence-corrected chi connectivity index (χ3v) is 4.91. The highest BCUT2D eigenvalue weighted by molar-refractivity contribution is 5.98. The van der Waals surface area contributed by atoms with Gasteiger partial charge in [-0.2, -0.15) is 0 Å². The molecule has 0 N–H and O–H groups in total. The smallest absolute Gasteiger partial charge is 0.231 e. The van der Waals surface area contributed by atoms with Crippen molar-refractivity contribution >= 4 is 28.6 Å². The van der Waals surface area contributed by atoms with Crippen LogP contribution in [0.3, 0.4) is 0 Å². The van der Waals surface area contributed by atoms with Crippen LogP contribution in [0.1, 0.15) is 25.7 Å². The lowest BCUT2D eigenvalue weighted by molar-refractivity contribution is -0.122. The van der Waals surface area contributed by atoms with Crippen LogP contribution >= 0.6 is 0 Å². The number of anilines is 2. The van der Waals surface area contributed by atoms with E-state index >= 15 is 0 Å². The van der Waals surface area contributed by atoms with Crippen LogP contribution in [0.4, 0.5) is 11.6 Å². The molecule has 0 saturated carbocycles. The fraction of sp³-hybridized carbons (Fsp3) is 0.421. The molecule has 1 aromatic heterocycles. The van der Waals surface area contributed by atoms with Crippen molar-refractivity contribution in [2.45, 2.75) is 25.7 Å². The average molecular weight is 322 g/mol. The van der Waals surface area contributed by atoms with Gasteiger partial charge in [-0.15, -0.1) is 0 Å². The molecule has 2 aliphatic rings. The molecule has 1 aliphatic carbocycles. The Morgan fingerprint density at radius 1 is 1.08 bits per heavy atom. The summed E-state index contributed by atoms with van der Waals surface area (Å²) in [7, 11) is 2.03. The topological polar surface area (TPSA) is 49.3 Å². The summed E-state index contributed by atoms with van der Waals surface area (Å²) in [4.78, 5) is 26.7. The van der Waals surface area contributed by atoms with E-state index in [1.54, 1.807) is 0 Å². The minimum Gasteiger partial charge on any atom is -0.357 e. The summed E-state index contributed by atoms with van der Waals surface area (Å²) in [6.45, 7) is 1.60. The molecule has 0 saturated heterocycles. The number of hydrogen-bond acceptors (Lipinski definition) is 4. The van der Waals surface area contributed by atoms with E-state index in [-0.39, 0.29) is 11.8 Å². The first-order valence-electron chi connectivity index (χ1n) is 8.68. The Kier molecular flexibility index (Phi) is 3.92. The molecule has 124 valence electrons. The number of aromatic nitrogens is 2. The van der Waals surface area contributed by atoms with Gasteiger partial charge in [0, 0.05) is 26.1 Å². The van der Waals surface area contributed by atoms with E-state index in [2.05, 4.69) is 17.1 Å². The molecule has 0 bridgehead atoms. The first-order valence-corrected chi connectivity index (χ1v) is 8.68. The molecule has 0 spiro atoms. The highest BCUT2D eigenvalue weighted by Crippen LogP contribution is 2.32. The second kappa shape index (κ2) is 6.23. The minimum atomic E-state index is 0.0690. The monoisotopic (exact) mass is 322 g/mol. The molecule has 1 aromatic carbocycles. The zero-order chi connectivity index (χ0) is 16.5. The summed E-state index contributed by atoms with van der Waals surface area (Å²) in [6, 6.07) is 7.86. The van der Waals surface area contributed by atoms with Crippen molar-refractivity contribution in [1.29, 1.82) is 0 Å². The van der Waals surface area contributed by atoms with Crippen molar-refractivity contribution in [1.82, 2.24) is 9.97 Å². The van der Waals surface area contributed by atoms with Crippen molar-refractivity contribution in [3.05, 3.63) is 36.4 Å². The standard InChI is InChI=1S/C19H22N4O/c1-22-12-7-13-23(19(24)14-8-3-2-4-9-14)18-17(22)20-15-10-5-6-11-16(15)21-18/h2-3,5-6,10-11,14H,4,7-9,12-13H2,1H3. The third-order valence-electron chi connectivity index (χ3n) is 4.91. The molecule has 2 heterocycles. The second-order valence-corrected chi connectivity index (χ2v) is 6.61. The van der Waals surface area contributed by atoms with E-state index in [4.69, 9.17) is 9.97 Å². The van der Waals surface area contributed by atoms with Gasteiger partial charge in [-0.3, -0.25) is 9.69 Å². The molecule has 5 nitrogen and oxygen atoms in total. The Bertz CT molecular complexity index is 801. The van der Waals surface area contributed by atoms with Crippen molar-refractivity contribution in [3.63, 3.8) is 0 Å². The number of carbonyl (C=O) groups is 1. The van der Waals surface area contributed by atoms with Gasteiger partial charge in [0.1, 0.15) is 0 Å². The largest absolute Gasteiger partial charge is 0.357 e. The lowest BCUT2D eigenvalue weighted by Gasteiger charge is -2.27. The normalized spacial score (nSPS) is 20.8. The second-order valence-electron chi connectivity index (χ2n) is 6.61. The summed E-state index contributed by atoms with van der Waals surface area (Å²) in [5.74, 6) is 1.79. The van der Waals surface area contributed by atoms with Crippen molar-refractivity contribution < 1.29 is 4.79 Å².